The molecule has 0 amide bonds. The second-order valence-corrected chi connectivity index (χ2v) is 2.90. The van der Waals surface area contributed by atoms with Crippen LogP contribution >= 0.6 is 11.6 Å². The highest BCUT2D eigenvalue weighted by Gasteiger charge is 2.16. The summed E-state index contributed by atoms with van der Waals surface area (Å²) in [6.07, 6.45) is 0. The first kappa shape index (κ1) is 9.99. The average Bonchev–Trinajstić information content (AvgIpc) is 2.04. The highest BCUT2D eigenvalue weighted by Crippen LogP contribution is 2.27. The number of benzene rings is 1. The minimum Gasteiger partial charge on any atom is -0.494 e. The molecular weight excluding hydrogens is 195 g/mol. The molecule has 0 aliphatic carbocycles. The van der Waals surface area contributed by atoms with E-state index in [2.05, 4.69) is 0 Å². The highest BCUT2D eigenvalue weighted by atomic mass is 35.5. The van der Waals surface area contributed by atoms with Gasteiger partial charge in [-0.3, -0.25) is 4.79 Å². The van der Waals surface area contributed by atoms with Crippen molar-refractivity contribution in [1.82, 2.24) is 0 Å². The summed E-state index contributed by atoms with van der Waals surface area (Å²) < 4.78 is 18.1. The lowest BCUT2D eigenvalue weighted by molar-refractivity contribution is 0.101. The normalized spacial score (nSPS) is 9.85. The van der Waals surface area contributed by atoms with Crippen molar-refractivity contribution >= 4 is 17.4 Å². The molecular formula is C9H8ClFO2. The number of carbonyl (C=O) groups is 1. The molecule has 0 radical (unpaired) electrons. The van der Waals surface area contributed by atoms with Gasteiger partial charge >= 0.3 is 0 Å². The van der Waals surface area contributed by atoms with Crippen molar-refractivity contribution in [2.24, 2.45) is 0 Å². The van der Waals surface area contributed by atoms with Crippen LogP contribution < -0.4 is 4.74 Å². The molecule has 4 heteroatoms. The minimum absolute atomic E-state index is 0.0228. The van der Waals surface area contributed by atoms with Crippen LogP contribution in [0.3, 0.4) is 0 Å². The summed E-state index contributed by atoms with van der Waals surface area (Å²) in [5, 5.41) is 0.103. The summed E-state index contributed by atoms with van der Waals surface area (Å²) in [6.45, 7) is 1.25. The molecule has 0 saturated carbocycles. The molecule has 0 fully saturated rings. The maximum atomic E-state index is 13.4. The third-order valence-electron chi connectivity index (χ3n) is 1.63. The van der Waals surface area contributed by atoms with E-state index in [1.54, 1.807) is 0 Å². The third-order valence-corrected chi connectivity index (χ3v) is 1.94. The Kier molecular flexibility index (Phi) is 2.88. The molecule has 0 spiro atoms. The van der Waals surface area contributed by atoms with E-state index in [1.165, 1.54) is 26.2 Å². The third kappa shape index (κ3) is 1.80. The highest BCUT2D eigenvalue weighted by molar-refractivity contribution is 6.33. The monoisotopic (exact) mass is 202 g/mol. The molecule has 0 aliphatic heterocycles. The molecule has 0 saturated heterocycles. The van der Waals surface area contributed by atoms with E-state index in [0.717, 1.165) is 0 Å². The first-order valence-electron chi connectivity index (χ1n) is 3.61. The largest absolute Gasteiger partial charge is 0.494 e. The first-order chi connectivity index (χ1) is 6.07. The number of hydrogen-bond donors (Lipinski definition) is 0. The second-order valence-electron chi connectivity index (χ2n) is 2.49. The summed E-state index contributed by atoms with van der Waals surface area (Å²) in [5.74, 6) is -1.10. The van der Waals surface area contributed by atoms with Gasteiger partial charge in [0.1, 0.15) is 0 Å². The molecule has 1 rings (SSSR count). The Morgan fingerprint density at radius 1 is 1.54 bits per heavy atom. The summed E-state index contributed by atoms with van der Waals surface area (Å²) in [5.41, 5.74) is -0.124. The fourth-order valence-electron chi connectivity index (χ4n) is 1.01. The summed E-state index contributed by atoms with van der Waals surface area (Å²) in [7, 11) is 1.33. The molecule has 0 unspecified atom stereocenters. The van der Waals surface area contributed by atoms with Crippen molar-refractivity contribution in [2.45, 2.75) is 6.92 Å². The van der Waals surface area contributed by atoms with Gasteiger partial charge in [0.05, 0.1) is 17.7 Å². The van der Waals surface area contributed by atoms with Crippen LogP contribution in [0.5, 0.6) is 5.75 Å². The zero-order valence-corrected chi connectivity index (χ0v) is 7.98. The predicted molar refractivity (Wildman–Crippen MR) is 48.0 cm³/mol. The van der Waals surface area contributed by atoms with Crippen LogP contribution in [0.1, 0.15) is 17.3 Å². The first-order valence-corrected chi connectivity index (χ1v) is 3.98. The molecule has 13 heavy (non-hydrogen) atoms. The molecule has 70 valence electrons. The van der Waals surface area contributed by atoms with E-state index in [0.29, 0.717) is 0 Å². The predicted octanol–water partition coefficient (Wildman–Crippen LogP) is 2.69. The van der Waals surface area contributed by atoms with Gasteiger partial charge in [-0.05, 0) is 19.1 Å². The van der Waals surface area contributed by atoms with Gasteiger partial charge in [0, 0.05) is 0 Å². The molecule has 0 bridgehead atoms. The van der Waals surface area contributed by atoms with Crippen molar-refractivity contribution in [3.8, 4) is 5.75 Å². The van der Waals surface area contributed by atoms with Gasteiger partial charge in [0.2, 0.25) is 0 Å². The number of methoxy groups -OCH3 is 1. The van der Waals surface area contributed by atoms with Crippen LogP contribution in [0.2, 0.25) is 5.02 Å². The Labute approximate surface area is 80.3 Å². The van der Waals surface area contributed by atoms with Gasteiger partial charge in [-0.2, -0.15) is 0 Å². The van der Waals surface area contributed by atoms with E-state index in [1.807, 2.05) is 0 Å². The lowest BCUT2D eigenvalue weighted by atomic mass is 10.1. The van der Waals surface area contributed by atoms with Crippen molar-refractivity contribution in [1.29, 1.82) is 0 Å². The summed E-state index contributed by atoms with van der Waals surface area (Å²) in [4.78, 5) is 11.0. The average molecular weight is 203 g/mol. The van der Waals surface area contributed by atoms with Gasteiger partial charge in [0.15, 0.2) is 17.3 Å². The number of carbonyl (C=O) groups excluding carboxylic acids is 1. The molecule has 0 N–H and O–H groups in total. The number of ketones is 1. The zero-order chi connectivity index (χ0) is 10.0. The van der Waals surface area contributed by atoms with E-state index >= 15 is 0 Å². The van der Waals surface area contributed by atoms with Gasteiger partial charge in [0.25, 0.3) is 0 Å². The number of rotatable bonds is 2. The Morgan fingerprint density at radius 3 is 2.62 bits per heavy atom. The molecule has 0 atom stereocenters. The molecule has 0 heterocycles. The smallest absolute Gasteiger partial charge is 0.177 e. The number of ether oxygens (including phenoxy) is 1. The Balaban J connectivity index is 3.38. The molecule has 1 aromatic carbocycles. The summed E-state index contributed by atoms with van der Waals surface area (Å²) in [6, 6.07) is 2.81. The quantitative estimate of drug-likeness (QED) is 0.690. The van der Waals surface area contributed by atoms with Crippen LogP contribution in [-0.4, -0.2) is 12.9 Å². The van der Waals surface area contributed by atoms with E-state index < -0.39 is 11.6 Å². The Bertz CT molecular complexity index is 350. The van der Waals surface area contributed by atoms with Crippen molar-refractivity contribution in [2.75, 3.05) is 7.11 Å². The van der Waals surface area contributed by atoms with Crippen molar-refractivity contribution < 1.29 is 13.9 Å². The van der Waals surface area contributed by atoms with Crippen molar-refractivity contribution in [3.63, 3.8) is 0 Å². The van der Waals surface area contributed by atoms with Crippen LogP contribution in [0, 0.1) is 5.82 Å². The Morgan fingerprint density at radius 2 is 2.15 bits per heavy atom. The fraction of sp³-hybridized carbons (Fsp3) is 0.222. The number of halogens is 2. The van der Waals surface area contributed by atoms with E-state index in [9.17, 15) is 9.18 Å². The van der Waals surface area contributed by atoms with E-state index in [4.69, 9.17) is 16.3 Å². The van der Waals surface area contributed by atoms with E-state index in [-0.39, 0.29) is 16.3 Å². The fourth-order valence-corrected chi connectivity index (χ4v) is 1.29. The molecule has 1 aromatic rings. The molecule has 0 aliphatic rings. The molecule has 0 aromatic heterocycles. The lowest BCUT2D eigenvalue weighted by Crippen LogP contribution is -2.00. The number of hydrogen-bond acceptors (Lipinski definition) is 2. The van der Waals surface area contributed by atoms with Gasteiger partial charge < -0.3 is 4.74 Å². The Hall–Kier alpha value is -1.09. The topological polar surface area (TPSA) is 26.3 Å². The second kappa shape index (κ2) is 3.75. The van der Waals surface area contributed by atoms with Crippen LogP contribution in [0.4, 0.5) is 4.39 Å². The van der Waals surface area contributed by atoms with Crippen LogP contribution in [0.25, 0.3) is 0 Å². The van der Waals surface area contributed by atoms with Crippen LogP contribution in [-0.2, 0) is 0 Å². The lowest BCUT2D eigenvalue weighted by Gasteiger charge is -2.06. The van der Waals surface area contributed by atoms with Gasteiger partial charge in [-0.25, -0.2) is 4.39 Å². The molecule has 2 nitrogen and oxygen atoms in total. The number of Topliss-reactive ketones (excluding diaryl/α,β-unsaturated/α-hetero) is 1. The van der Waals surface area contributed by atoms with Gasteiger partial charge in [-0.1, -0.05) is 11.6 Å². The zero-order valence-electron chi connectivity index (χ0n) is 7.23. The maximum Gasteiger partial charge on any atom is 0.177 e. The van der Waals surface area contributed by atoms with Crippen LogP contribution in [0.15, 0.2) is 12.1 Å². The summed E-state index contributed by atoms with van der Waals surface area (Å²) >= 11 is 5.64. The minimum atomic E-state index is -0.706. The SMILES string of the molecule is COc1ccc(Cl)c(C(C)=O)c1F. The standard InChI is InChI=1S/C9H8ClFO2/c1-5(12)8-6(10)3-4-7(13-2)9(8)11/h3-4H,1-2H3. The van der Waals surface area contributed by atoms with Gasteiger partial charge in [-0.15, -0.1) is 0 Å². The maximum absolute atomic E-state index is 13.4. The van der Waals surface area contributed by atoms with Crippen molar-refractivity contribution in [3.05, 3.63) is 28.5 Å².